The van der Waals surface area contributed by atoms with Gasteiger partial charge in [-0.3, -0.25) is 9.52 Å². The molecule has 0 spiro atoms. The summed E-state index contributed by atoms with van der Waals surface area (Å²) in [5.74, 6) is -2.27. The van der Waals surface area contributed by atoms with Crippen molar-refractivity contribution in [3.63, 3.8) is 0 Å². The molecule has 7 nitrogen and oxygen atoms in total. The van der Waals surface area contributed by atoms with Crippen molar-refractivity contribution in [2.75, 3.05) is 17.1 Å². The lowest BCUT2D eigenvalue weighted by Gasteiger charge is -2.12. The standard InChI is InChI=1S/C21H16ClFN2O5S/c1-30-21(27)16-4-2-3-5-18(16)25-31(28,29)15-10-11-19(17(23)12-15)24-20(26)13-6-8-14(22)9-7-13/h2-12,25H,1H3,(H,24,26). The quantitative estimate of drug-likeness (QED) is 0.531. The molecular weight excluding hydrogens is 447 g/mol. The summed E-state index contributed by atoms with van der Waals surface area (Å²) in [5.41, 5.74) is 0.0335. The maximum absolute atomic E-state index is 14.5. The smallest absolute Gasteiger partial charge is 0.339 e. The summed E-state index contributed by atoms with van der Waals surface area (Å²) in [6, 6.07) is 14.8. The summed E-state index contributed by atoms with van der Waals surface area (Å²) in [6.45, 7) is 0. The molecule has 31 heavy (non-hydrogen) atoms. The number of halogens is 2. The van der Waals surface area contributed by atoms with Gasteiger partial charge in [0.15, 0.2) is 0 Å². The fraction of sp³-hybridized carbons (Fsp3) is 0.0476. The van der Waals surface area contributed by atoms with Crippen molar-refractivity contribution < 1.29 is 27.1 Å². The van der Waals surface area contributed by atoms with E-state index >= 15 is 0 Å². The number of anilines is 2. The van der Waals surface area contributed by atoms with Gasteiger partial charge in [-0.2, -0.15) is 0 Å². The van der Waals surface area contributed by atoms with Crippen molar-refractivity contribution >= 4 is 44.9 Å². The number of amides is 1. The minimum atomic E-state index is -4.23. The highest BCUT2D eigenvalue weighted by atomic mass is 35.5. The Labute approximate surface area is 182 Å². The predicted molar refractivity (Wildman–Crippen MR) is 114 cm³/mol. The molecule has 0 heterocycles. The van der Waals surface area contributed by atoms with Gasteiger partial charge in [-0.25, -0.2) is 17.6 Å². The summed E-state index contributed by atoms with van der Waals surface area (Å²) < 4.78 is 46.7. The Morgan fingerprint density at radius 1 is 0.968 bits per heavy atom. The number of esters is 1. The van der Waals surface area contributed by atoms with E-state index in [1.165, 1.54) is 49.6 Å². The Bertz CT molecular complexity index is 1250. The molecule has 0 bridgehead atoms. The molecule has 0 saturated carbocycles. The van der Waals surface area contributed by atoms with Crippen LogP contribution in [0.3, 0.4) is 0 Å². The zero-order chi connectivity index (χ0) is 22.6. The average Bonchev–Trinajstić information content (AvgIpc) is 2.75. The largest absolute Gasteiger partial charge is 0.465 e. The fourth-order valence-electron chi connectivity index (χ4n) is 2.62. The Morgan fingerprint density at radius 3 is 2.29 bits per heavy atom. The number of hydrogen-bond donors (Lipinski definition) is 2. The van der Waals surface area contributed by atoms with E-state index in [9.17, 15) is 22.4 Å². The second-order valence-electron chi connectivity index (χ2n) is 6.25. The van der Waals surface area contributed by atoms with Gasteiger partial charge in [-0.05, 0) is 54.6 Å². The summed E-state index contributed by atoms with van der Waals surface area (Å²) >= 11 is 5.78. The molecule has 3 aromatic carbocycles. The number of para-hydroxylation sites is 1. The van der Waals surface area contributed by atoms with Crippen molar-refractivity contribution in [3.8, 4) is 0 Å². The lowest BCUT2D eigenvalue weighted by atomic mass is 10.2. The third-order valence-corrected chi connectivity index (χ3v) is 5.80. The van der Waals surface area contributed by atoms with Gasteiger partial charge in [-0.1, -0.05) is 23.7 Å². The topological polar surface area (TPSA) is 102 Å². The summed E-state index contributed by atoms with van der Waals surface area (Å²) in [5, 5.41) is 2.82. The van der Waals surface area contributed by atoms with Crippen LogP contribution in [0, 0.1) is 5.82 Å². The highest BCUT2D eigenvalue weighted by Gasteiger charge is 2.21. The van der Waals surface area contributed by atoms with Crippen LogP contribution in [0.1, 0.15) is 20.7 Å². The molecule has 0 atom stereocenters. The molecule has 160 valence electrons. The van der Waals surface area contributed by atoms with Crippen molar-refractivity contribution in [2.45, 2.75) is 4.90 Å². The lowest BCUT2D eigenvalue weighted by Crippen LogP contribution is -2.17. The van der Waals surface area contributed by atoms with Gasteiger partial charge in [0.05, 0.1) is 28.9 Å². The first-order valence-corrected chi connectivity index (χ1v) is 10.6. The van der Waals surface area contributed by atoms with Crippen LogP contribution < -0.4 is 10.0 Å². The highest BCUT2D eigenvalue weighted by Crippen LogP contribution is 2.24. The van der Waals surface area contributed by atoms with Crippen molar-refractivity contribution in [3.05, 3.63) is 88.7 Å². The van der Waals surface area contributed by atoms with Gasteiger partial charge in [-0.15, -0.1) is 0 Å². The first kappa shape index (κ1) is 22.3. The van der Waals surface area contributed by atoms with E-state index in [-0.39, 0.29) is 22.5 Å². The molecule has 10 heteroatoms. The second kappa shape index (κ2) is 9.15. The SMILES string of the molecule is COC(=O)c1ccccc1NS(=O)(=O)c1ccc(NC(=O)c2ccc(Cl)cc2)c(F)c1. The third-order valence-electron chi connectivity index (χ3n) is 4.18. The number of nitrogens with one attached hydrogen (secondary N) is 2. The number of carbonyl (C=O) groups is 2. The van der Waals surface area contributed by atoms with E-state index in [0.717, 1.165) is 18.2 Å². The second-order valence-corrected chi connectivity index (χ2v) is 8.36. The van der Waals surface area contributed by atoms with Gasteiger partial charge in [0.25, 0.3) is 15.9 Å². The van der Waals surface area contributed by atoms with Gasteiger partial charge >= 0.3 is 5.97 Å². The number of rotatable bonds is 6. The van der Waals surface area contributed by atoms with Crippen molar-refractivity contribution in [2.24, 2.45) is 0 Å². The predicted octanol–water partition coefficient (Wildman–Crippen LogP) is 4.32. The van der Waals surface area contributed by atoms with Gasteiger partial charge in [0.2, 0.25) is 0 Å². The minimum Gasteiger partial charge on any atom is -0.465 e. The number of hydrogen-bond acceptors (Lipinski definition) is 5. The summed E-state index contributed by atoms with van der Waals surface area (Å²) in [6.07, 6.45) is 0. The van der Waals surface area contributed by atoms with Crippen LogP contribution in [0.5, 0.6) is 0 Å². The van der Waals surface area contributed by atoms with Gasteiger partial charge in [0, 0.05) is 10.6 Å². The van der Waals surface area contributed by atoms with E-state index in [1.807, 2.05) is 0 Å². The van der Waals surface area contributed by atoms with E-state index in [0.29, 0.717) is 5.02 Å². The molecule has 0 aliphatic heterocycles. The van der Waals surface area contributed by atoms with Crippen LogP contribution in [-0.4, -0.2) is 27.4 Å². The molecule has 0 aliphatic rings. The van der Waals surface area contributed by atoms with Crippen LogP contribution >= 0.6 is 11.6 Å². The molecule has 0 fully saturated rings. The van der Waals surface area contributed by atoms with Crippen molar-refractivity contribution in [1.82, 2.24) is 0 Å². The van der Waals surface area contributed by atoms with E-state index in [1.54, 1.807) is 6.07 Å². The first-order valence-electron chi connectivity index (χ1n) is 8.78. The van der Waals surface area contributed by atoms with E-state index < -0.39 is 32.6 Å². The molecule has 0 aliphatic carbocycles. The molecule has 0 aromatic heterocycles. The van der Waals surface area contributed by atoms with Crippen LogP contribution in [0.15, 0.2) is 71.6 Å². The summed E-state index contributed by atoms with van der Waals surface area (Å²) in [4.78, 5) is 23.7. The Balaban J connectivity index is 1.83. The maximum Gasteiger partial charge on any atom is 0.339 e. The molecule has 3 rings (SSSR count). The summed E-state index contributed by atoms with van der Waals surface area (Å²) in [7, 11) is -3.06. The minimum absolute atomic E-state index is 0.000829. The number of methoxy groups -OCH3 is 1. The molecule has 0 saturated heterocycles. The van der Waals surface area contributed by atoms with Crippen molar-refractivity contribution in [1.29, 1.82) is 0 Å². The maximum atomic E-state index is 14.5. The molecular formula is C21H16ClFN2O5S. The van der Waals surface area contributed by atoms with Gasteiger partial charge in [0.1, 0.15) is 5.82 Å². The highest BCUT2D eigenvalue weighted by molar-refractivity contribution is 7.92. The van der Waals surface area contributed by atoms with E-state index in [4.69, 9.17) is 11.6 Å². The average molecular weight is 463 g/mol. The van der Waals surface area contributed by atoms with Crippen LogP contribution in [-0.2, 0) is 14.8 Å². The number of benzene rings is 3. The van der Waals surface area contributed by atoms with E-state index in [2.05, 4.69) is 14.8 Å². The van der Waals surface area contributed by atoms with Gasteiger partial charge < -0.3 is 10.1 Å². The molecule has 1 amide bonds. The van der Waals surface area contributed by atoms with Crippen LogP contribution in [0.2, 0.25) is 5.02 Å². The van der Waals surface area contributed by atoms with Crippen LogP contribution in [0.25, 0.3) is 0 Å². The normalized spacial score (nSPS) is 10.9. The molecule has 3 aromatic rings. The molecule has 0 unspecified atom stereocenters. The number of sulfonamides is 1. The van der Waals surface area contributed by atoms with Crippen LogP contribution in [0.4, 0.5) is 15.8 Å². The number of carbonyl (C=O) groups excluding carboxylic acids is 2. The zero-order valence-corrected chi connectivity index (χ0v) is 17.6. The zero-order valence-electron chi connectivity index (χ0n) is 16.1. The Hall–Kier alpha value is -3.43. The molecule has 0 radical (unpaired) electrons. The fourth-order valence-corrected chi connectivity index (χ4v) is 3.84. The Kier molecular flexibility index (Phi) is 6.57. The third kappa shape index (κ3) is 5.19. The molecule has 2 N–H and O–H groups in total. The first-order chi connectivity index (χ1) is 14.7. The Morgan fingerprint density at radius 2 is 1.65 bits per heavy atom. The number of ether oxygens (including phenoxy) is 1. The monoisotopic (exact) mass is 462 g/mol. The lowest BCUT2D eigenvalue weighted by molar-refractivity contribution is 0.0602.